The standard InChI is InChI=1S/C35H44N6O6/c1-21(2)13-14-32(44)40-19-29(23-9-5-4-6-10-23)39-33(45)22(3)37-34(46)30-16-25(42)18-41(30)35(47)28(38-31(43)20-40)15-24-17-36-27-12-8-7-11-26(24)27/h4-12,17,21-22,25,28-30,36,42H,13-16,18-20H2,1-3H3,(H,37,46)(H,38,43)(H,39,45)/t22-,25+,28+,29-,30-/m0/s1. The molecular weight excluding hydrogens is 600 g/mol. The van der Waals surface area contributed by atoms with E-state index in [9.17, 15) is 29.1 Å². The van der Waals surface area contributed by atoms with Gasteiger partial charge in [-0.3, -0.25) is 24.0 Å². The van der Waals surface area contributed by atoms with E-state index in [2.05, 4.69) is 20.9 Å². The minimum absolute atomic E-state index is 0.00275. The van der Waals surface area contributed by atoms with E-state index < -0.39 is 53.9 Å². The molecule has 5 atom stereocenters. The van der Waals surface area contributed by atoms with Gasteiger partial charge in [-0.05, 0) is 36.5 Å². The molecule has 0 bridgehead atoms. The zero-order valence-electron chi connectivity index (χ0n) is 27.1. The first-order chi connectivity index (χ1) is 22.5. The van der Waals surface area contributed by atoms with Gasteiger partial charge < -0.3 is 35.8 Å². The number of aliphatic hydroxyl groups is 1. The lowest BCUT2D eigenvalue weighted by atomic mass is 10.0. The van der Waals surface area contributed by atoms with Crippen LogP contribution in [0.2, 0.25) is 0 Å². The van der Waals surface area contributed by atoms with Gasteiger partial charge in [-0.2, -0.15) is 0 Å². The van der Waals surface area contributed by atoms with Crippen molar-refractivity contribution in [2.24, 2.45) is 5.92 Å². The number of hydrogen-bond acceptors (Lipinski definition) is 6. The van der Waals surface area contributed by atoms with Crippen molar-refractivity contribution in [3.8, 4) is 0 Å². The fourth-order valence-corrected chi connectivity index (χ4v) is 6.28. The molecule has 3 heterocycles. The number of hydrogen-bond donors (Lipinski definition) is 5. The van der Waals surface area contributed by atoms with Crippen LogP contribution < -0.4 is 16.0 Å². The number of aromatic nitrogens is 1. The summed E-state index contributed by atoms with van der Waals surface area (Å²) in [4.78, 5) is 74.5. The van der Waals surface area contributed by atoms with Crippen molar-refractivity contribution in [1.82, 2.24) is 30.7 Å². The molecule has 0 spiro atoms. The molecule has 47 heavy (non-hydrogen) atoms. The van der Waals surface area contributed by atoms with Gasteiger partial charge in [-0.1, -0.05) is 62.4 Å². The summed E-state index contributed by atoms with van der Waals surface area (Å²) >= 11 is 0. The van der Waals surface area contributed by atoms with Crippen LogP contribution in [0.5, 0.6) is 0 Å². The van der Waals surface area contributed by atoms with Gasteiger partial charge in [0.25, 0.3) is 0 Å². The second-order valence-electron chi connectivity index (χ2n) is 13.0. The molecule has 12 nitrogen and oxygen atoms in total. The van der Waals surface area contributed by atoms with Crippen molar-refractivity contribution in [2.45, 2.75) is 76.7 Å². The monoisotopic (exact) mass is 644 g/mol. The van der Waals surface area contributed by atoms with Crippen LogP contribution in [0.3, 0.4) is 0 Å². The first kappa shape index (κ1) is 33.6. The van der Waals surface area contributed by atoms with E-state index in [1.807, 2.05) is 68.4 Å². The molecule has 2 saturated heterocycles. The molecule has 5 amide bonds. The average Bonchev–Trinajstić information content (AvgIpc) is 3.65. The molecule has 250 valence electrons. The molecular formula is C35H44N6O6. The summed E-state index contributed by atoms with van der Waals surface area (Å²) in [6.45, 7) is 5.13. The third-order valence-electron chi connectivity index (χ3n) is 8.89. The number of nitrogens with one attached hydrogen (secondary N) is 4. The zero-order chi connectivity index (χ0) is 33.7. The number of aliphatic hydroxyl groups excluding tert-OH is 1. The molecule has 0 radical (unpaired) electrons. The Balaban J connectivity index is 1.52. The predicted molar refractivity (Wildman–Crippen MR) is 176 cm³/mol. The lowest BCUT2D eigenvalue weighted by Gasteiger charge is -2.30. The third-order valence-corrected chi connectivity index (χ3v) is 8.89. The van der Waals surface area contributed by atoms with Gasteiger partial charge in [0.15, 0.2) is 0 Å². The van der Waals surface area contributed by atoms with Crippen LogP contribution in [-0.4, -0.2) is 93.3 Å². The Bertz CT molecular complexity index is 1610. The number of para-hydroxylation sites is 1. The summed E-state index contributed by atoms with van der Waals surface area (Å²) in [6, 6.07) is 12.9. The van der Waals surface area contributed by atoms with E-state index in [4.69, 9.17) is 0 Å². The number of carbonyl (C=O) groups is 5. The van der Waals surface area contributed by atoms with E-state index in [0.29, 0.717) is 6.42 Å². The number of carbonyl (C=O) groups excluding carboxylic acids is 5. The lowest BCUT2D eigenvalue weighted by Crippen LogP contribution is -2.56. The molecule has 0 aliphatic carbocycles. The Morgan fingerprint density at radius 2 is 1.66 bits per heavy atom. The molecule has 1 aromatic heterocycles. The van der Waals surface area contributed by atoms with Gasteiger partial charge in [0.2, 0.25) is 29.5 Å². The Labute approximate surface area is 274 Å². The van der Waals surface area contributed by atoms with E-state index >= 15 is 0 Å². The van der Waals surface area contributed by atoms with Crippen LogP contribution in [0, 0.1) is 5.92 Å². The minimum atomic E-state index is -1.10. The topological polar surface area (TPSA) is 164 Å². The van der Waals surface area contributed by atoms with E-state index in [1.54, 1.807) is 13.1 Å². The lowest BCUT2D eigenvalue weighted by molar-refractivity contribution is -0.142. The second-order valence-corrected chi connectivity index (χ2v) is 13.0. The molecule has 0 saturated carbocycles. The van der Waals surface area contributed by atoms with Crippen molar-refractivity contribution in [2.75, 3.05) is 19.6 Å². The van der Waals surface area contributed by atoms with Gasteiger partial charge >= 0.3 is 0 Å². The summed E-state index contributed by atoms with van der Waals surface area (Å²) in [5, 5.41) is 20.0. The molecule has 5 rings (SSSR count). The maximum absolute atomic E-state index is 14.2. The van der Waals surface area contributed by atoms with Crippen LogP contribution in [0.15, 0.2) is 60.8 Å². The highest BCUT2D eigenvalue weighted by atomic mass is 16.3. The smallest absolute Gasteiger partial charge is 0.246 e. The van der Waals surface area contributed by atoms with Crippen molar-refractivity contribution in [3.05, 3.63) is 71.9 Å². The van der Waals surface area contributed by atoms with Crippen molar-refractivity contribution in [1.29, 1.82) is 0 Å². The highest BCUT2D eigenvalue weighted by molar-refractivity contribution is 5.96. The van der Waals surface area contributed by atoms with Gasteiger partial charge in [0.1, 0.15) is 18.1 Å². The number of fused-ring (bicyclic) bond motifs is 2. The summed E-state index contributed by atoms with van der Waals surface area (Å²) in [5.41, 5.74) is 2.38. The van der Waals surface area contributed by atoms with Gasteiger partial charge in [-0.15, -0.1) is 0 Å². The number of benzene rings is 2. The van der Waals surface area contributed by atoms with Crippen LogP contribution in [0.25, 0.3) is 10.9 Å². The number of H-pyrrole nitrogens is 1. The molecule has 3 aromatic rings. The fourth-order valence-electron chi connectivity index (χ4n) is 6.28. The molecule has 2 aliphatic heterocycles. The number of nitrogens with zero attached hydrogens (tertiary/aromatic N) is 2. The highest BCUT2D eigenvalue weighted by Crippen LogP contribution is 2.24. The van der Waals surface area contributed by atoms with Gasteiger partial charge in [0.05, 0.1) is 18.7 Å². The maximum Gasteiger partial charge on any atom is 0.246 e. The zero-order valence-corrected chi connectivity index (χ0v) is 27.1. The molecule has 5 N–H and O–H groups in total. The Hall–Kier alpha value is -4.71. The largest absolute Gasteiger partial charge is 0.391 e. The second kappa shape index (κ2) is 14.8. The third kappa shape index (κ3) is 8.18. The Morgan fingerprint density at radius 1 is 0.936 bits per heavy atom. The Morgan fingerprint density at radius 3 is 2.40 bits per heavy atom. The number of aromatic amines is 1. The molecule has 12 heteroatoms. The Kier molecular flexibility index (Phi) is 10.6. The van der Waals surface area contributed by atoms with Crippen molar-refractivity contribution >= 4 is 40.4 Å². The molecule has 2 fully saturated rings. The quantitative estimate of drug-likeness (QED) is 0.275. The first-order valence-electron chi connectivity index (χ1n) is 16.3. The first-order valence-corrected chi connectivity index (χ1v) is 16.3. The van der Waals surface area contributed by atoms with E-state index in [0.717, 1.165) is 22.0 Å². The number of amides is 5. The molecule has 2 aromatic carbocycles. The van der Waals surface area contributed by atoms with Crippen LogP contribution in [0.4, 0.5) is 0 Å². The van der Waals surface area contributed by atoms with E-state index in [-0.39, 0.29) is 50.7 Å². The van der Waals surface area contributed by atoms with Gasteiger partial charge in [0, 0.05) is 49.5 Å². The fraction of sp³-hybridized carbons (Fsp3) is 0.457. The highest BCUT2D eigenvalue weighted by Gasteiger charge is 2.42. The van der Waals surface area contributed by atoms with E-state index in [1.165, 1.54) is 9.80 Å². The predicted octanol–water partition coefficient (Wildman–Crippen LogP) is 1.80. The van der Waals surface area contributed by atoms with Gasteiger partial charge in [-0.25, -0.2) is 0 Å². The van der Waals surface area contributed by atoms with Crippen molar-refractivity contribution in [3.63, 3.8) is 0 Å². The van der Waals surface area contributed by atoms with Crippen LogP contribution in [0.1, 0.15) is 57.2 Å². The maximum atomic E-state index is 14.2. The SMILES string of the molecule is CC(C)CCC(=O)N1CC(=O)N[C@H](Cc2c[nH]c3ccccc23)C(=O)N2C[C@H](O)C[C@H]2C(=O)N[C@@H](C)C(=O)N[C@H](c2ccccc2)C1. The number of rotatable bonds is 6. The summed E-state index contributed by atoms with van der Waals surface area (Å²) in [7, 11) is 0. The average molecular weight is 645 g/mol. The minimum Gasteiger partial charge on any atom is -0.391 e. The van der Waals surface area contributed by atoms with Crippen molar-refractivity contribution < 1.29 is 29.1 Å². The molecule has 2 aliphatic rings. The summed E-state index contributed by atoms with van der Waals surface area (Å²) in [6.07, 6.45) is 1.75. The summed E-state index contributed by atoms with van der Waals surface area (Å²) < 4.78 is 0. The van der Waals surface area contributed by atoms with Crippen LogP contribution in [-0.2, 0) is 30.4 Å². The summed E-state index contributed by atoms with van der Waals surface area (Å²) in [5.74, 6) is -2.15. The van der Waals surface area contributed by atoms with Crippen LogP contribution >= 0.6 is 0 Å². The normalized spacial score (nSPS) is 24.7. The molecule has 0 unspecified atom stereocenters.